The minimum Gasteiger partial charge on any atom is -0.543 e. The van der Waals surface area contributed by atoms with E-state index in [0.717, 1.165) is 17.5 Å². The number of aromatic nitrogens is 1. The smallest absolute Gasteiger partial charge is 0.242 e. The average molecular weight is 312 g/mol. The molecule has 0 spiro atoms. The molecule has 0 aliphatic rings. The maximum atomic E-state index is 11.5. The van der Waals surface area contributed by atoms with Crippen LogP contribution >= 0.6 is 0 Å². The van der Waals surface area contributed by atoms with Crippen LogP contribution in [0.3, 0.4) is 0 Å². The number of hydrogen-bond donors (Lipinski definition) is 0. The van der Waals surface area contributed by atoms with Gasteiger partial charge in [-0.25, -0.2) is 0 Å². The van der Waals surface area contributed by atoms with Crippen molar-refractivity contribution in [2.75, 3.05) is 0 Å². The van der Waals surface area contributed by atoms with E-state index in [1.165, 1.54) is 0 Å². The van der Waals surface area contributed by atoms with Gasteiger partial charge < -0.3 is 8.85 Å². The summed E-state index contributed by atoms with van der Waals surface area (Å²) in [6, 6.07) is 0. The zero-order chi connectivity index (χ0) is 15.6. The van der Waals surface area contributed by atoms with Crippen LogP contribution in [-0.2, 0) is 11.0 Å². The van der Waals surface area contributed by atoms with Gasteiger partial charge in [0.05, 0.1) is 17.9 Å². The fourth-order valence-electron chi connectivity index (χ4n) is 1.62. The van der Waals surface area contributed by atoms with E-state index in [9.17, 15) is 4.79 Å². The molecule has 0 amide bonds. The minimum atomic E-state index is -1.79. The highest BCUT2D eigenvalue weighted by Gasteiger charge is 2.23. The molecular formula is C14H25NO3Si2. The molecule has 4 nitrogen and oxygen atoms in total. The van der Waals surface area contributed by atoms with Crippen LogP contribution in [0.1, 0.15) is 21.6 Å². The first kappa shape index (κ1) is 17.1. The second kappa shape index (κ2) is 6.19. The van der Waals surface area contributed by atoms with E-state index in [2.05, 4.69) is 44.3 Å². The molecule has 1 heterocycles. The molecule has 0 atom stereocenters. The predicted molar refractivity (Wildman–Crippen MR) is 86.5 cm³/mol. The molecule has 0 saturated carbocycles. The third-order valence-electron chi connectivity index (χ3n) is 2.52. The molecule has 0 fully saturated rings. The summed E-state index contributed by atoms with van der Waals surface area (Å²) in [5.41, 5.74) is 2.14. The van der Waals surface area contributed by atoms with Gasteiger partial charge in [0, 0.05) is 11.8 Å². The number of hydrogen-bond acceptors (Lipinski definition) is 4. The van der Waals surface area contributed by atoms with Crippen LogP contribution in [0.5, 0.6) is 5.75 Å². The number of carbonyl (C=O) groups is 1. The van der Waals surface area contributed by atoms with Gasteiger partial charge in [-0.3, -0.25) is 9.78 Å². The number of pyridine rings is 1. The summed E-state index contributed by atoms with van der Waals surface area (Å²) in [7, 11) is -3.42. The Morgan fingerprint density at radius 1 is 1.15 bits per heavy atom. The van der Waals surface area contributed by atoms with E-state index in [4.69, 9.17) is 8.85 Å². The second-order valence-electron chi connectivity index (χ2n) is 6.84. The zero-order valence-corrected chi connectivity index (χ0v) is 15.5. The Kier molecular flexibility index (Phi) is 5.29. The molecule has 112 valence electrons. The highest BCUT2D eigenvalue weighted by Crippen LogP contribution is 2.27. The van der Waals surface area contributed by atoms with Crippen LogP contribution in [0, 0.1) is 6.92 Å². The summed E-state index contributed by atoms with van der Waals surface area (Å²) in [6.07, 6.45) is 2.57. The van der Waals surface area contributed by atoms with E-state index >= 15 is 0 Å². The lowest BCUT2D eigenvalue weighted by Crippen LogP contribution is -2.31. The molecule has 0 aliphatic carbocycles. The maximum Gasteiger partial charge on any atom is 0.242 e. The molecule has 1 rings (SSSR count). The molecule has 1 aromatic heterocycles. The Morgan fingerprint density at radius 3 is 2.20 bits per heavy atom. The van der Waals surface area contributed by atoms with Crippen molar-refractivity contribution < 1.29 is 13.6 Å². The second-order valence-corrected chi connectivity index (χ2v) is 15.8. The van der Waals surface area contributed by atoms with Crippen LogP contribution in [0.25, 0.3) is 0 Å². The normalized spacial score (nSPS) is 12.3. The van der Waals surface area contributed by atoms with Crippen LogP contribution in [0.4, 0.5) is 0 Å². The summed E-state index contributed by atoms with van der Waals surface area (Å²) in [5.74, 6) is 0.621. The molecule has 6 heteroatoms. The highest BCUT2D eigenvalue weighted by atomic mass is 28.4. The van der Waals surface area contributed by atoms with Crippen LogP contribution in [-0.4, -0.2) is 27.9 Å². The monoisotopic (exact) mass is 311 g/mol. The van der Waals surface area contributed by atoms with E-state index in [1.54, 1.807) is 6.20 Å². The topological polar surface area (TPSA) is 48.4 Å². The van der Waals surface area contributed by atoms with Gasteiger partial charge in [0.25, 0.3) is 0 Å². The van der Waals surface area contributed by atoms with Crippen molar-refractivity contribution in [3.05, 3.63) is 23.0 Å². The lowest BCUT2D eigenvalue weighted by molar-refractivity contribution is 0.111. The van der Waals surface area contributed by atoms with Gasteiger partial charge in [0.15, 0.2) is 14.6 Å². The first-order valence-corrected chi connectivity index (χ1v) is 13.6. The molecular weight excluding hydrogens is 286 g/mol. The molecule has 0 radical (unpaired) electrons. The lowest BCUT2D eigenvalue weighted by Gasteiger charge is -2.24. The molecule has 20 heavy (non-hydrogen) atoms. The van der Waals surface area contributed by atoms with Gasteiger partial charge >= 0.3 is 0 Å². The molecule has 0 aromatic carbocycles. The Labute approximate surface area is 123 Å². The van der Waals surface area contributed by atoms with Crippen LogP contribution < -0.4 is 4.43 Å². The lowest BCUT2D eigenvalue weighted by atomic mass is 10.1. The van der Waals surface area contributed by atoms with Gasteiger partial charge in [-0.15, -0.1) is 0 Å². The SMILES string of the molecule is Cc1ncc(CO[Si](C)(C)C)c(C=O)c1O[Si](C)(C)C. The fraction of sp³-hybridized carbons (Fsp3) is 0.571. The van der Waals surface area contributed by atoms with Crippen molar-refractivity contribution >= 4 is 22.9 Å². The fourth-order valence-corrected chi connectivity index (χ4v) is 3.08. The zero-order valence-electron chi connectivity index (χ0n) is 13.5. The van der Waals surface area contributed by atoms with Crippen molar-refractivity contribution in [2.45, 2.75) is 52.8 Å². The third-order valence-corrected chi connectivity index (χ3v) is 4.35. The molecule has 1 aromatic rings. The Morgan fingerprint density at radius 2 is 1.75 bits per heavy atom. The Bertz CT molecular complexity index is 490. The summed E-state index contributed by atoms with van der Waals surface area (Å²) >= 11 is 0. The van der Waals surface area contributed by atoms with Crippen molar-refractivity contribution in [2.24, 2.45) is 0 Å². The van der Waals surface area contributed by atoms with Gasteiger partial charge in [0.2, 0.25) is 8.32 Å². The molecule has 0 saturated heterocycles. The van der Waals surface area contributed by atoms with Gasteiger partial charge in [-0.1, -0.05) is 0 Å². The minimum absolute atomic E-state index is 0.416. The van der Waals surface area contributed by atoms with Gasteiger partial charge in [-0.05, 0) is 46.2 Å². The van der Waals surface area contributed by atoms with E-state index in [0.29, 0.717) is 17.9 Å². The highest BCUT2D eigenvalue weighted by molar-refractivity contribution is 6.70. The van der Waals surface area contributed by atoms with Crippen LogP contribution in [0.15, 0.2) is 6.20 Å². The van der Waals surface area contributed by atoms with Crippen molar-refractivity contribution in [1.29, 1.82) is 0 Å². The number of nitrogens with zero attached hydrogens (tertiary/aromatic N) is 1. The van der Waals surface area contributed by atoms with E-state index in [1.807, 2.05) is 6.92 Å². The first-order chi connectivity index (χ1) is 9.03. The number of aryl methyl sites for hydroxylation is 1. The van der Waals surface area contributed by atoms with Gasteiger partial charge in [-0.2, -0.15) is 0 Å². The van der Waals surface area contributed by atoms with Crippen LogP contribution in [0.2, 0.25) is 39.3 Å². The molecule has 0 N–H and O–H groups in total. The van der Waals surface area contributed by atoms with Gasteiger partial charge in [0.1, 0.15) is 5.75 Å². The van der Waals surface area contributed by atoms with E-state index in [-0.39, 0.29) is 0 Å². The largest absolute Gasteiger partial charge is 0.543 e. The quantitative estimate of drug-likeness (QED) is 0.593. The average Bonchev–Trinajstić information content (AvgIpc) is 2.27. The summed E-state index contributed by atoms with van der Waals surface area (Å²) < 4.78 is 11.9. The Hall–Kier alpha value is -0.986. The summed E-state index contributed by atoms with van der Waals surface area (Å²) in [6.45, 7) is 14.9. The number of carbonyl (C=O) groups excluding carboxylic acids is 1. The maximum absolute atomic E-state index is 11.5. The standard InChI is InChI=1S/C14H25NO3Si2/c1-11-14(18-20(5,6)7)13(9-16)12(8-15-11)10-17-19(2,3)4/h8-9H,10H2,1-7H3. The van der Waals surface area contributed by atoms with E-state index < -0.39 is 16.6 Å². The summed E-state index contributed by atoms with van der Waals surface area (Å²) in [4.78, 5) is 15.8. The van der Waals surface area contributed by atoms with Crippen molar-refractivity contribution in [1.82, 2.24) is 4.98 Å². The van der Waals surface area contributed by atoms with Crippen molar-refractivity contribution in [3.8, 4) is 5.75 Å². The molecule has 0 unspecified atom stereocenters. The summed E-state index contributed by atoms with van der Waals surface area (Å²) in [5, 5.41) is 0. The Balaban J connectivity index is 3.14. The van der Waals surface area contributed by atoms with Crippen molar-refractivity contribution in [3.63, 3.8) is 0 Å². The number of aldehydes is 1. The third kappa shape index (κ3) is 5.18. The molecule has 0 aliphatic heterocycles. The number of rotatable bonds is 6. The molecule has 0 bridgehead atoms. The predicted octanol–water partition coefficient (Wildman–Crippen LogP) is 3.77. The first-order valence-electron chi connectivity index (χ1n) is 6.80.